The van der Waals surface area contributed by atoms with Gasteiger partial charge in [0.2, 0.25) is 0 Å². The number of alkyl halides is 6. The van der Waals surface area contributed by atoms with Crippen LogP contribution in [0.5, 0.6) is 0 Å². The topological polar surface area (TPSA) is 34.1 Å². The molecule has 0 aromatic heterocycles. The van der Waals surface area contributed by atoms with Crippen molar-refractivity contribution in [2.75, 3.05) is 12.3 Å². The summed E-state index contributed by atoms with van der Waals surface area (Å²) in [5, 5.41) is 1.10. The van der Waals surface area contributed by atoms with Gasteiger partial charge in [0.05, 0.1) is 11.1 Å². The molecule has 0 aliphatic heterocycles. The molecule has 0 bridgehead atoms. The van der Waals surface area contributed by atoms with Crippen molar-refractivity contribution >= 4 is 35.5 Å². The van der Waals surface area contributed by atoms with Crippen LogP contribution >= 0.6 is 14.3 Å². The Bertz CT molecular complexity index is 1360. The number of benzene rings is 4. The minimum absolute atomic E-state index is 0.0398. The molecule has 2 nitrogen and oxygen atoms in total. The molecule has 0 amide bonds. The first-order valence-corrected chi connectivity index (χ1v) is 15.3. The molecule has 4 aromatic rings. The highest BCUT2D eigenvalue weighted by atomic mass is 31.2. The molecule has 0 saturated heterocycles. The molecule has 0 saturated carbocycles. The summed E-state index contributed by atoms with van der Waals surface area (Å²) in [6, 6.07) is 24.6. The predicted molar refractivity (Wildman–Crippen MR) is 139 cm³/mol. The van der Waals surface area contributed by atoms with Crippen LogP contribution in [0, 0.1) is 0 Å². The Kier molecular flexibility index (Phi) is 7.79. The van der Waals surface area contributed by atoms with Crippen LogP contribution in [-0.4, -0.2) is 12.3 Å². The van der Waals surface area contributed by atoms with Crippen molar-refractivity contribution in [3.05, 3.63) is 120 Å². The Hall–Kier alpha value is -3.08. The van der Waals surface area contributed by atoms with Crippen molar-refractivity contribution in [3.63, 3.8) is 0 Å². The first kappa shape index (κ1) is 27.9. The van der Waals surface area contributed by atoms with E-state index in [1.165, 1.54) is 0 Å². The van der Waals surface area contributed by atoms with Gasteiger partial charge in [-0.2, -0.15) is 26.3 Å². The monoisotopic (exact) mass is 566 g/mol. The van der Waals surface area contributed by atoms with Crippen molar-refractivity contribution < 1.29 is 35.5 Å². The van der Waals surface area contributed by atoms with E-state index >= 15 is 0 Å². The molecule has 0 heterocycles. The van der Waals surface area contributed by atoms with Crippen molar-refractivity contribution in [2.45, 2.75) is 12.4 Å². The van der Waals surface area contributed by atoms with Crippen LogP contribution in [0.4, 0.5) is 26.3 Å². The molecule has 0 unspecified atom stereocenters. The summed E-state index contributed by atoms with van der Waals surface area (Å²) < 4.78 is 108. The Morgan fingerprint density at radius 2 is 0.684 bits per heavy atom. The first-order chi connectivity index (χ1) is 17.8. The summed E-state index contributed by atoms with van der Waals surface area (Å²) in [4.78, 5) is 0. The van der Waals surface area contributed by atoms with Crippen molar-refractivity contribution in [1.29, 1.82) is 0 Å². The van der Waals surface area contributed by atoms with E-state index in [2.05, 4.69) is 0 Å². The molecule has 38 heavy (non-hydrogen) atoms. The maximum atomic E-state index is 14.6. The molecular formula is C28H22F6O2P2. The van der Waals surface area contributed by atoms with E-state index in [-0.39, 0.29) is 22.9 Å². The second-order valence-electron chi connectivity index (χ2n) is 8.69. The zero-order valence-corrected chi connectivity index (χ0v) is 21.6. The molecule has 4 aromatic carbocycles. The Labute approximate surface area is 216 Å². The molecule has 0 aliphatic carbocycles. The number of halogens is 6. The third-order valence-electron chi connectivity index (χ3n) is 6.30. The average molecular weight is 566 g/mol. The molecule has 10 heteroatoms. The molecule has 198 valence electrons. The standard InChI is InChI=1S/C28H22F6O2P2/c29-27(30,31)21-11-15-25(16-12-21)38(36,26-17-13-22(14-18-26)28(32,33)34)20-19-37(35,23-7-3-1-4-8-23)24-9-5-2-6-10-24/h1-18H,19-20H2. The Balaban J connectivity index is 1.81. The van der Waals surface area contributed by atoms with Crippen LogP contribution in [0.25, 0.3) is 0 Å². The van der Waals surface area contributed by atoms with E-state index in [1.54, 1.807) is 60.7 Å². The predicted octanol–water partition coefficient (Wildman–Crippen LogP) is 7.05. The number of hydrogen-bond donors (Lipinski definition) is 0. The van der Waals surface area contributed by atoms with Gasteiger partial charge in [0.1, 0.15) is 14.3 Å². The van der Waals surface area contributed by atoms with Gasteiger partial charge in [-0.3, -0.25) is 0 Å². The van der Waals surface area contributed by atoms with Crippen LogP contribution in [0.2, 0.25) is 0 Å². The quantitative estimate of drug-likeness (QED) is 0.178. The SMILES string of the molecule is O=P(CCP(=O)(c1ccc(C(F)(F)F)cc1)c1ccc(C(F)(F)F)cc1)(c1ccccc1)c1ccccc1. The minimum atomic E-state index is -4.62. The minimum Gasteiger partial charge on any atom is -0.314 e. The van der Waals surface area contributed by atoms with Crippen LogP contribution in [0.15, 0.2) is 109 Å². The number of hydrogen-bond acceptors (Lipinski definition) is 2. The van der Waals surface area contributed by atoms with Crippen LogP contribution < -0.4 is 21.2 Å². The zero-order valence-electron chi connectivity index (χ0n) is 19.8. The fourth-order valence-corrected chi connectivity index (χ4v) is 10.7. The third kappa shape index (κ3) is 5.82. The molecule has 0 aliphatic rings. The number of rotatable bonds is 7. The van der Waals surface area contributed by atoms with Crippen molar-refractivity contribution in [2.24, 2.45) is 0 Å². The third-order valence-corrected chi connectivity index (χ3v) is 12.9. The highest BCUT2D eigenvalue weighted by molar-refractivity contribution is 7.82. The van der Waals surface area contributed by atoms with Gasteiger partial charge in [0, 0.05) is 33.5 Å². The normalized spacial score (nSPS) is 12.9. The first-order valence-electron chi connectivity index (χ1n) is 11.5. The highest BCUT2D eigenvalue weighted by Crippen LogP contribution is 2.51. The van der Waals surface area contributed by atoms with Gasteiger partial charge in [0.25, 0.3) is 0 Å². The van der Waals surface area contributed by atoms with Crippen LogP contribution in [0.3, 0.4) is 0 Å². The zero-order chi connectivity index (χ0) is 27.6. The lowest BCUT2D eigenvalue weighted by molar-refractivity contribution is -0.138. The fraction of sp³-hybridized carbons (Fsp3) is 0.143. The smallest absolute Gasteiger partial charge is 0.314 e. The molecule has 0 N–H and O–H groups in total. The largest absolute Gasteiger partial charge is 0.416 e. The van der Waals surface area contributed by atoms with Gasteiger partial charge in [0.15, 0.2) is 0 Å². The second kappa shape index (κ2) is 10.6. The van der Waals surface area contributed by atoms with Crippen molar-refractivity contribution in [1.82, 2.24) is 0 Å². The lowest BCUT2D eigenvalue weighted by Gasteiger charge is -2.25. The van der Waals surface area contributed by atoms with E-state index in [4.69, 9.17) is 0 Å². The van der Waals surface area contributed by atoms with Gasteiger partial charge in [-0.1, -0.05) is 84.9 Å². The summed E-state index contributed by atoms with van der Waals surface area (Å²) in [6.07, 6.45) is -9.58. The summed E-state index contributed by atoms with van der Waals surface area (Å²) in [5.41, 5.74) is -1.89. The summed E-state index contributed by atoms with van der Waals surface area (Å²) >= 11 is 0. The Morgan fingerprint density at radius 3 is 0.947 bits per heavy atom. The average Bonchev–Trinajstić information content (AvgIpc) is 2.92. The second-order valence-corrected chi connectivity index (χ2v) is 14.6. The van der Waals surface area contributed by atoms with Crippen LogP contribution in [0.1, 0.15) is 11.1 Å². The molecule has 4 rings (SSSR count). The van der Waals surface area contributed by atoms with Gasteiger partial charge >= 0.3 is 12.4 Å². The van der Waals surface area contributed by atoms with E-state index in [1.807, 2.05) is 0 Å². The van der Waals surface area contributed by atoms with E-state index < -0.39 is 37.8 Å². The van der Waals surface area contributed by atoms with Gasteiger partial charge in [-0.25, -0.2) is 0 Å². The maximum absolute atomic E-state index is 14.6. The lowest BCUT2D eigenvalue weighted by atomic mass is 10.2. The highest BCUT2D eigenvalue weighted by Gasteiger charge is 2.37. The van der Waals surface area contributed by atoms with Gasteiger partial charge in [-0.15, -0.1) is 0 Å². The summed E-state index contributed by atoms with van der Waals surface area (Å²) in [7, 11) is -7.18. The molecule has 0 fully saturated rings. The van der Waals surface area contributed by atoms with Gasteiger partial charge in [-0.05, 0) is 24.3 Å². The van der Waals surface area contributed by atoms with Crippen LogP contribution in [-0.2, 0) is 21.5 Å². The molecule has 0 atom stereocenters. The summed E-state index contributed by atoms with van der Waals surface area (Å²) in [5.74, 6) is 0. The molecule has 0 spiro atoms. The molecular weight excluding hydrogens is 544 g/mol. The van der Waals surface area contributed by atoms with Crippen molar-refractivity contribution in [3.8, 4) is 0 Å². The van der Waals surface area contributed by atoms with Gasteiger partial charge < -0.3 is 9.13 Å². The lowest BCUT2D eigenvalue weighted by Crippen LogP contribution is -2.25. The molecule has 0 radical (unpaired) electrons. The van der Waals surface area contributed by atoms with E-state index in [9.17, 15) is 35.5 Å². The Morgan fingerprint density at radius 1 is 0.421 bits per heavy atom. The maximum Gasteiger partial charge on any atom is 0.416 e. The summed E-state index contributed by atoms with van der Waals surface area (Å²) in [6.45, 7) is 0. The fourth-order valence-electron chi connectivity index (χ4n) is 4.22. The van der Waals surface area contributed by atoms with E-state index in [0.29, 0.717) is 10.6 Å². The van der Waals surface area contributed by atoms with E-state index in [0.717, 1.165) is 48.5 Å².